The van der Waals surface area contributed by atoms with E-state index in [1.54, 1.807) is 32.4 Å². The van der Waals surface area contributed by atoms with Crippen LogP contribution in [-0.4, -0.2) is 30.1 Å². The number of carbonyl (C=O) groups is 1. The average molecular weight is 349 g/mol. The molecule has 6 heteroatoms. The molecule has 0 aliphatic carbocycles. The summed E-state index contributed by atoms with van der Waals surface area (Å²) in [7, 11) is 3.09. The van der Waals surface area contributed by atoms with E-state index in [0.29, 0.717) is 23.6 Å². The first kappa shape index (κ1) is 17.4. The average Bonchev–Trinajstić information content (AvgIpc) is 2.72. The number of carbonyl (C=O) groups excluding carboxylic acids is 1. The third kappa shape index (κ3) is 4.16. The molecule has 6 nitrogen and oxygen atoms in total. The fourth-order valence-electron chi connectivity index (χ4n) is 2.47. The Morgan fingerprint density at radius 3 is 2.31 bits per heavy atom. The van der Waals surface area contributed by atoms with Crippen LogP contribution in [0.25, 0.3) is 11.3 Å². The zero-order valence-corrected chi connectivity index (χ0v) is 14.6. The van der Waals surface area contributed by atoms with Crippen molar-refractivity contribution in [1.82, 2.24) is 15.3 Å². The molecular formula is C20H19N3O3. The molecule has 0 bridgehead atoms. The summed E-state index contributed by atoms with van der Waals surface area (Å²) >= 11 is 0. The van der Waals surface area contributed by atoms with Gasteiger partial charge in [-0.3, -0.25) is 4.79 Å². The Balaban J connectivity index is 1.72. The van der Waals surface area contributed by atoms with Gasteiger partial charge in [0.15, 0.2) is 0 Å². The molecule has 0 atom stereocenters. The third-order valence-corrected chi connectivity index (χ3v) is 3.84. The van der Waals surface area contributed by atoms with Gasteiger partial charge in [0, 0.05) is 17.2 Å². The van der Waals surface area contributed by atoms with Crippen LogP contribution in [0, 0.1) is 0 Å². The van der Waals surface area contributed by atoms with Crippen LogP contribution in [0.4, 0.5) is 0 Å². The van der Waals surface area contributed by atoms with Crippen LogP contribution in [0.15, 0.2) is 60.9 Å². The fraction of sp³-hybridized carbons (Fsp3) is 0.150. The lowest BCUT2D eigenvalue weighted by molar-refractivity contribution is 0.0949. The van der Waals surface area contributed by atoms with E-state index in [0.717, 1.165) is 17.0 Å². The van der Waals surface area contributed by atoms with E-state index in [9.17, 15) is 4.79 Å². The van der Waals surface area contributed by atoms with E-state index < -0.39 is 0 Å². The van der Waals surface area contributed by atoms with E-state index in [4.69, 9.17) is 9.47 Å². The normalized spacial score (nSPS) is 10.2. The van der Waals surface area contributed by atoms with E-state index in [-0.39, 0.29) is 5.91 Å². The first-order chi connectivity index (χ1) is 12.7. The second-order valence-electron chi connectivity index (χ2n) is 5.54. The van der Waals surface area contributed by atoms with Crippen molar-refractivity contribution < 1.29 is 14.3 Å². The number of hydrogen-bond donors (Lipinski definition) is 1. The van der Waals surface area contributed by atoms with Crippen LogP contribution >= 0.6 is 0 Å². The van der Waals surface area contributed by atoms with Crippen molar-refractivity contribution in [3.8, 4) is 22.8 Å². The van der Waals surface area contributed by atoms with Crippen molar-refractivity contribution in [3.05, 3.63) is 72.2 Å². The molecular weight excluding hydrogens is 330 g/mol. The lowest BCUT2D eigenvalue weighted by atomic mass is 10.1. The molecule has 3 aromatic rings. The molecule has 0 unspecified atom stereocenters. The van der Waals surface area contributed by atoms with Gasteiger partial charge in [0.25, 0.3) is 5.91 Å². The van der Waals surface area contributed by atoms with Crippen molar-refractivity contribution in [2.45, 2.75) is 6.54 Å². The summed E-state index contributed by atoms with van der Waals surface area (Å²) in [6.45, 7) is 0.292. The van der Waals surface area contributed by atoms with E-state index >= 15 is 0 Å². The summed E-state index contributed by atoms with van der Waals surface area (Å²) in [5.74, 6) is 0.882. The van der Waals surface area contributed by atoms with Gasteiger partial charge in [-0.2, -0.15) is 0 Å². The van der Waals surface area contributed by atoms with Crippen molar-refractivity contribution in [2.75, 3.05) is 14.2 Å². The summed E-state index contributed by atoms with van der Waals surface area (Å²) in [5.41, 5.74) is 2.99. The summed E-state index contributed by atoms with van der Waals surface area (Å²) in [6.07, 6.45) is 1.50. The van der Waals surface area contributed by atoms with Crippen LogP contribution in [0.3, 0.4) is 0 Å². The predicted octanol–water partition coefficient (Wildman–Crippen LogP) is 3.09. The Kier molecular flexibility index (Phi) is 5.43. The summed E-state index contributed by atoms with van der Waals surface area (Å²) in [4.78, 5) is 20.9. The summed E-state index contributed by atoms with van der Waals surface area (Å²) in [5, 5.41) is 2.86. The number of hydrogen-bond acceptors (Lipinski definition) is 5. The fourth-order valence-corrected chi connectivity index (χ4v) is 2.47. The molecule has 0 aliphatic rings. The highest BCUT2D eigenvalue weighted by molar-refractivity contribution is 5.95. The maximum Gasteiger partial charge on any atom is 0.251 e. The van der Waals surface area contributed by atoms with Crippen molar-refractivity contribution >= 4 is 5.91 Å². The Labute approximate surface area is 151 Å². The SMILES string of the molecule is COc1cc(OC)cc(C(=O)NCc2cc(-c3ccccc3)ncn2)c1. The zero-order chi connectivity index (χ0) is 18.4. The van der Waals surface area contributed by atoms with Crippen molar-refractivity contribution in [1.29, 1.82) is 0 Å². The highest BCUT2D eigenvalue weighted by Crippen LogP contribution is 2.22. The third-order valence-electron chi connectivity index (χ3n) is 3.84. The van der Waals surface area contributed by atoms with E-state index in [1.807, 2.05) is 36.4 Å². The summed E-state index contributed by atoms with van der Waals surface area (Å²) < 4.78 is 10.4. The molecule has 1 aromatic heterocycles. The Bertz CT molecular complexity index is 876. The van der Waals surface area contributed by atoms with Gasteiger partial charge in [-0.25, -0.2) is 9.97 Å². The van der Waals surface area contributed by atoms with E-state index in [2.05, 4.69) is 15.3 Å². The molecule has 0 saturated heterocycles. The predicted molar refractivity (Wildman–Crippen MR) is 98.2 cm³/mol. The van der Waals surface area contributed by atoms with Crippen LogP contribution in [0.5, 0.6) is 11.5 Å². The van der Waals surface area contributed by atoms with Gasteiger partial charge in [0.2, 0.25) is 0 Å². The minimum atomic E-state index is -0.234. The molecule has 2 aromatic carbocycles. The molecule has 3 rings (SSSR count). The highest BCUT2D eigenvalue weighted by Gasteiger charge is 2.10. The highest BCUT2D eigenvalue weighted by atomic mass is 16.5. The number of ether oxygens (including phenoxy) is 2. The van der Waals surface area contributed by atoms with Gasteiger partial charge < -0.3 is 14.8 Å². The van der Waals surface area contributed by atoms with Gasteiger partial charge in [0.1, 0.15) is 17.8 Å². The number of methoxy groups -OCH3 is 2. The maximum absolute atomic E-state index is 12.4. The second kappa shape index (κ2) is 8.11. The van der Waals surface area contributed by atoms with E-state index in [1.165, 1.54) is 6.33 Å². The van der Waals surface area contributed by atoms with Gasteiger partial charge in [0.05, 0.1) is 32.2 Å². The van der Waals surface area contributed by atoms with Crippen LogP contribution < -0.4 is 14.8 Å². The number of amides is 1. The number of benzene rings is 2. The standard InChI is InChI=1S/C20H19N3O3/c1-25-17-8-15(9-18(11-17)26-2)20(24)21-12-16-10-19(23-13-22-16)14-6-4-3-5-7-14/h3-11,13H,12H2,1-2H3,(H,21,24). The maximum atomic E-state index is 12.4. The molecule has 0 saturated carbocycles. The number of nitrogens with zero attached hydrogens (tertiary/aromatic N) is 2. The Hall–Kier alpha value is -3.41. The van der Waals surface area contributed by atoms with Gasteiger partial charge in [-0.1, -0.05) is 30.3 Å². The first-order valence-corrected chi connectivity index (χ1v) is 8.07. The number of nitrogens with one attached hydrogen (secondary N) is 1. The molecule has 0 aliphatic heterocycles. The molecule has 1 heterocycles. The summed E-state index contributed by atoms with van der Waals surface area (Å²) in [6, 6.07) is 16.7. The Morgan fingerprint density at radius 2 is 1.65 bits per heavy atom. The second-order valence-corrected chi connectivity index (χ2v) is 5.54. The molecule has 0 fully saturated rings. The van der Waals surface area contributed by atoms with Crippen LogP contribution in [0.2, 0.25) is 0 Å². The molecule has 0 radical (unpaired) electrons. The lowest BCUT2D eigenvalue weighted by Crippen LogP contribution is -2.23. The van der Waals surface area contributed by atoms with Gasteiger partial charge in [-0.15, -0.1) is 0 Å². The lowest BCUT2D eigenvalue weighted by Gasteiger charge is -2.09. The first-order valence-electron chi connectivity index (χ1n) is 8.07. The topological polar surface area (TPSA) is 73.3 Å². The molecule has 26 heavy (non-hydrogen) atoms. The zero-order valence-electron chi connectivity index (χ0n) is 14.6. The molecule has 132 valence electrons. The van der Waals surface area contributed by atoms with Crippen molar-refractivity contribution in [2.24, 2.45) is 0 Å². The van der Waals surface area contributed by atoms with Crippen LogP contribution in [0.1, 0.15) is 16.1 Å². The van der Waals surface area contributed by atoms with Gasteiger partial charge >= 0.3 is 0 Å². The molecule has 0 spiro atoms. The Morgan fingerprint density at radius 1 is 0.962 bits per heavy atom. The number of rotatable bonds is 6. The monoisotopic (exact) mass is 349 g/mol. The minimum absolute atomic E-state index is 0.234. The molecule has 1 N–H and O–H groups in total. The quantitative estimate of drug-likeness (QED) is 0.740. The van der Waals surface area contributed by atoms with Crippen molar-refractivity contribution in [3.63, 3.8) is 0 Å². The smallest absolute Gasteiger partial charge is 0.251 e. The van der Waals surface area contributed by atoms with Crippen LogP contribution in [-0.2, 0) is 6.54 Å². The largest absolute Gasteiger partial charge is 0.497 e. The number of aromatic nitrogens is 2. The molecule has 1 amide bonds. The van der Waals surface area contributed by atoms with Gasteiger partial charge in [-0.05, 0) is 18.2 Å². The minimum Gasteiger partial charge on any atom is -0.497 e.